The van der Waals surface area contributed by atoms with Crippen LogP contribution < -0.4 is 0 Å². The van der Waals surface area contributed by atoms with Crippen LogP contribution in [0.25, 0.3) is 0 Å². The number of aliphatic hydroxyl groups excluding tert-OH is 1. The van der Waals surface area contributed by atoms with Gasteiger partial charge in [0.15, 0.2) is 0 Å². The molecule has 0 rings (SSSR count). The molecule has 7 heavy (non-hydrogen) atoms. The van der Waals surface area contributed by atoms with Gasteiger partial charge in [0.1, 0.15) is 16.8 Å². The van der Waals surface area contributed by atoms with Gasteiger partial charge < -0.3 is 9.53 Å². The van der Waals surface area contributed by atoms with Crippen LogP contribution in [0.3, 0.4) is 0 Å². The van der Waals surface area contributed by atoms with Crippen molar-refractivity contribution in [1.29, 1.82) is 0 Å². The molecule has 0 radical (unpaired) electrons. The maximum atomic E-state index is 8.67. The van der Waals surface area contributed by atoms with E-state index in [1.54, 1.807) is 0 Å². The van der Waals surface area contributed by atoms with Crippen LogP contribution in [-0.2, 0) is 4.43 Å². The maximum Gasteiger partial charge on any atom is 0.149 e. The SMILES string of the molecule is CCCC(O)O[SiH3]. The third-order valence-corrected chi connectivity index (χ3v) is 1.35. The van der Waals surface area contributed by atoms with E-state index in [0.29, 0.717) is 10.5 Å². The normalized spacial score (nSPS) is 14.6. The fourth-order valence-corrected chi connectivity index (χ4v) is 0.601. The topological polar surface area (TPSA) is 29.5 Å². The minimum atomic E-state index is -0.489. The van der Waals surface area contributed by atoms with Crippen molar-refractivity contribution in [3.63, 3.8) is 0 Å². The first-order chi connectivity index (χ1) is 3.31. The lowest BCUT2D eigenvalue weighted by atomic mass is 10.3. The van der Waals surface area contributed by atoms with Gasteiger partial charge in [-0.3, -0.25) is 0 Å². The zero-order valence-corrected chi connectivity index (χ0v) is 6.85. The molecule has 44 valence electrons. The molecular weight excluding hydrogens is 108 g/mol. The summed E-state index contributed by atoms with van der Waals surface area (Å²) in [4.78, 5) is 0. The van der Waals surface area contributed by atoms with Crippen molar-refractivity contribution < 1.29 is 9.53 Å². The number of hydrogen-bond donors (Lipinski definition) is 1. The molecule has 0 aliphatic carbocycles. The van der Waals surface area contributed by atoms with Crippen molar-refractivity contribution in [2.75, 3.05) is 0 Å². The molecule has 0 saturated carbocycles. The van der Waals surface area contributed by atoms with Crippen molar-refractivity contribution >= 4 is 10.5 Å². The summed E-state index contributed by atoms with van der Waals surface area (Å²) in [5.74, 6) is 0. The molecule has 3 heteroatoms. The lowest BCUT2D eigenvalue weighted by Crippen LogP contribution is -2.07. The minimum Gasteiger partial charge on any atom is -0.404 e. The Hall–Kier alpha value is 0.137. The lowest BCUT2D eigenvalue weighted by molar-refractivity contribution is -0.0175. The molecule has 0 spiro atoms. The van der Waals surface area contributed by atoms with Crippen LogP contribution in [0.1, 0.15) is 19.8 Å². The quantitative estimate of drug-likeness (QED) is 0.398. The van der Waals surface area contributed by atoms with E-state index in [0.717, 1.165) is 12.8 Å². The molecule has 0 aromatic heterocycles. The molecule has 1 N–H and O–H groups in total. The van der Waals surface area contributed by atoms with Gasteiger partial charge >= 0.3 is 0 Å². The Labute approximate surface area is 47.0 Å². The van der Waals surface area contributed by atoms with Crippen LogP contribution in [0.2, 0.25) is 0 Å². The first kappa shape index (κ1) is 7.14. The summed E-state index contributed by atoms with van der Waals surface area (Å²) < 4.78 is 4.69. The van der Waals surface area contributed by atoms with E-state index < -0.39 is 6.29 Å². The van der Waals surface area contributed by atoms with Crippen LogP contribution in [0.5, 0.6) is 0 Å². The summed E-state index contributed by atoms with van der Waals surface area (Å²) in [6, 6.07) is 0. The van der Waals surface area contributed by atoms with Gasteiger partial charge in [0.25, 0.3) is 0 Å². The number of aliphatic hydroxyl groups is 1. The summed E-state index contributed by atoms with van der Waals surface area (Å²) in [6.45, 7) is 2.02. The number of hydrogen-bond acceptors (Lipinski definition) is 2. The molecule has 0 aliphatic rings. The Bertz CT molecular complexity index is 40.7. The summed E-state index contributed by atoms with van der Waals surface area (Å²) in [5.41, 5.74) is 0. The molecule has 0 heterocycles. The van der Waals surface area contributed by atoms with Crippen molar-refractivity contribution in [2.45, 2.75) is 26.1 Å². The highest BCUT2D eigenvalue weighted by atomic mass is 28.2. The van der Waals surface area contributed by atoms with Crippen molar-refractivity contribution in [3.05, 3.63) is 0 Å². The van der Waals surface area contributed by atoms with Crippen LogP contribution in [0.15, 0.2) is 0 Å². The van der Waals surface area contributed by atoms with Crippen molar-refractivity contribution in [2.24, 2.45) is 0 Å². The summed E-state index contributed by atoms with van der Waals surface area (Å²) in [5, 5.41) is 8.67. The van der Waals surface area contributed by atoms with E-state index in [2.05, 4.69) is 4.43 Å². The van der Waals surface area contributed by atoms with E-state index >= 15 is 0 Å². The Morgan fingerprint density at radius 3 is 2.57 bits per heavy atom. The van der Waals surface area contributed by atoms with Crippen LogP contribution >= 0.6 is 0 Å². The van der Waals surface area contributed by atoms with Gasteiger partial charge in [0, 0.05) is 0 Å². The Balaban J connectivity index is 2.83. The molecule has 2 nitrogen and oxygen atoms in total. The molecule has 0 bridgehead atoms. The van der Waals surface area contributed by atoms with Gasteiger partial charge in [-0.05, 0) is 6.42 Å². The molecule has 1 atom stereocenters. The van der Waals surface area contributed by atoms with E-state index in [-0.39, 0.29) is 0 Å². The highest BCUT2D eigenvalue weighted by molar-refractivity contribution is 5.98. The van der Waals surface area contributed by atoms with E-state index in [9.17, 15) is 0 Å². The average Bonchev–Trinajstić information content (AvgIpc) is 1.68. The highest BCUT2D eigenvalue weighted by Crippen LogP contribution is 1.93. The Kier molecular flexibility index (Phi) is 4.38. The van der Waals surface area contributed by atoms with E-state index in [1.165, 1.54) is 0 Å². The van der Waals surface area contributed by atoms with Gasteiger partial charge in [0.05, 0.1) is 0 Å². The van der Waals surface area contributed by atoms with Crippen molar-refractivity contribution in [1.82, 2.24) is 0 Å². The molecule has 0 aromatic rings. The second-order valence-electron chi connectivity index (χ2n) is 1.48. The van der Waals surface area contributed by atoms with Gasteiger partial charge in [-0.25, -0.2) is 0 Å². The molecule has 0 saturated heterocycles. The van der Waals surface area contributed by atoms with Crippen LogP contribution in [0.4, 0.5) is 0 Å². The van der Waals surface area contributed by atoms with Crippen molar-refractivity contribution in [3.8, 4) is 0 Å². The monoisotopic (exact) mass is 120 g/mol. The van der Waals surface area contributed by atoms with Crippen LogP contribution in [0, 0.1) is 0 Å². The molecule has 1 unspecified atom stereocenters. The fraction of sp³-hybridized carbons (Fsp3) is 1.00. The Morgan fingerprint density at radius 2 is 2.43 bits per heavy atom. The third kappa shape index (κ3) is 3.98. The molecular formula is C4H12O2Si. The molecule has 0 aromatic carbocycles. The third-order valence-electron chi connectivity index (χ3n) is 0.808. The first-order valence-corrected chi connectivity index (χ1v) is 3.33. The lowest BCUT2D eigenvalue weighted by Gasteiger charge is -2.04. The largest absolute Gasteiger partial charge is 0.404 e. The fourth-order valence-electron chi connectivity index (χ4n) is 0.365. The highest BCUT2D eigenvalue weighted by Gasteiger charge is 1.94. The smallest absolute Gasteiger partial charge is 0.149 e. The molecule has 0 amide bonds. The van der Waals surface area contributed by atoms with Gasteiger partial charge in [-0.2, -0.15) is 0 Å². The zero-order valence-electron chi connectivity index (χ0n) is 4.85. The van der Waals surface area contributed by atoms with E-state index in [1.807, 2.05) is 6.92 Å². The second kappa shape index (κ2) is 4.30. The standard InChI is InChI=1S/C4H12O2Si/c1-2-3-4(5)6-7/h4-5H,2-3H2,1,7H3. The zero-order chi connectivity index (χ0) is 5.70. The Morgan fingerprint density at radius 1 is 1.86 bits per heavy atom. The summed E-state index contributed by atoms with van der Waals surface area (Å²) in [6.07, 6.45) is 1.27. The predicted molar refractivity (Wildman–Crippen MR) is 31.9 cm³/mol. The summed E-state index contributed by atoms with van der Waals surface area (Å²) >= 11 is 0. The summed E-state index contributed by atoms with van der Waals surface area (Å²) in [7, 11) is 0.637. The minimum absolute atomic E-state index is 0.489. The number of rotatable bonds is 3. The van der Waals surface area contributed by atoms with Gasteiger partial charge in [0.2, 0.25) is 0 Å². The van der Waals surface area contributed by atoms with Gasteiger partial charge in [-0.1, -0.05) is 13.3 Å². The first-order valence-electron chi connectivity index (χ1n) is 2.52. The predicted octanol–water partition coefficient (Wildman–Crippen LogP) is -0.598. The molecule has 0 fully saturated rings. The molecule has 0 aliphatic heterocycles. The van der Waals surface area contributed by atoms with Crippen LogP contribution in [-0.4, -0.2) is 21.9 Å². The maximum absolute atomic E-state index is 8.67. The average molecular weight is 120 g/mol. The van der Waals surface area contributed by atoms with E-state index in [4.69, 9.17) is 5.11 Å². The van der Waals surface area contributed by atoms with Gasteiger partial charge in [-0.15, -0.1) is 0 Å². The second-order valence-corrected chi connectivity index (χ2v) is 1.95.